The molecule has 0 aromatic carbocycles. The van der Waals surface area contributed by atoms with E-state index >= 15 is 0 Å². The Morgan fingerprint density at radius 3 is 1.86 bits per heavy atom. The molecule has 0 bridgehead atoms. The van der Waals surface area contributed by atoms with Crippen LogP contribution >= 0.6 is 0 Å². The van der Waals surface area contributed by atoms with Gasteiger partial charge >= 0.3 is 14.8 Å². The van der Waals surface area contributed by atoms with Crippen LogP contribution in [-0.2, 0) is 22.8 Å². The summed E-state index contributed by atoms with van der Waals surface area (Å²) in [5.41, 5.74) is 0.324. The van der Waals surface area contributed by atoms with Gasteiger partial charge in [0.2, 0.25) is 5.79 Å². The van der Waals surface area contributed by atoms with E-state index in [0.717, 1.165) is 0 Å². The van der Waals surface area contributed by atoms with Gasteiger partial charge in [0.1, 0.15) is 0 Å². The molecule has 0 saturated carbocycles. The van der Waals surface area contributed by atoms with Gasteiger partial charge in [-0.25, -0.2) is 4.79 Å². The van der Waals surface area contributed by atoms with Crippen molar-refractivity contribution in [3.05, 3.63) is 12.2 Å². The van der Waals surface area contributed by atoms with Gasteiger partial charge in [0.25, 0.3) is 0 Å². The number of rotatable bonds is 9. The van der Waals surface area contributed by atoms with E-state index in [1.165, 1.54) is 0 Å². The molecule has 0 spiro atoms. The molecule has 0 aliphatic heterocycles. The van der Waals surface area contributed by atoms with Gasteiger partial charge in [-0.2, -0.15) is 0 Å². The minimum atomic E-state index is -2.94. The zero-order chi connectivity index (χ0) is 16.8. The minimum absolute atomic E-state index is 0.0389. The van der Waals surface area contributed by atoms with E-state index in [9.17, 15) is 4.79 Å². The maximum absolute atomic E-state index is 11.7. The molecule has 0 aliphatic rings. The summed E-state index contributed by atoms with van der Waals surface area (Å²) in [6, 6.07) is 0.595. The fraction of sp³-hybridized carbons (Fsp3) is 0.800. The van der Waals surface area contributed by atoms with Crippen molar-refractivity contribution >= 4 is 14.8 Å². The normalized spacial score (nSPS) is 12.9. The second-order valence-corrected chi connectivity index (χ2v) is 8.79. The molecular formula is C15H30O5Si. The molecule has 0 aliphatic carbocycles. The number of hydrogen-bond acceptors (Lipinski definition) is 5. The van der Waals surface area contributed by atoms with E-state index in [4.69, 9.17) is 18.0 Å². The lowest BCUT2D eigenvalue weighted by Gasteiger charge is -2.38. The van der Waals surface area contributed by atoms with Crippen molar-refractivity contribution in [3.63, 3.8) is 0 Å². The number of ether oxygens (including phenoxy) is 1. The van der Waals surface area contributed by atoms with Gasteiger partial charge in [-0.1, -0.05) is 13.5 Å². The Hall–Kier alpha value is -0.693. The van der Waals surface area contributed by atoms with Crippen molar-refractivity contribution in [1.82, 2.24) is 0 Å². The first-order valence-corrected chi connectivity index (χ1v) is 9.31. The number of esters is 1. The summed E-state index contributed by atoms with van der Waals surface area (Å²) in [6.07, 6.45) is -0.0778. The quantitative estimate of drug-likeness (QED) is 0.281. The zero-order valence-electron chi connectivity index (χ0n) is 14.6. The van der Waals surface area contributed by atoms with Crippen LogP contribution in [0.15, 0.2) is 12.2 Å². The fourth-order valence-corrected chi connectivity index (χ4v) is 4.60. The van der Waals surface area contributed by atoms with Crippen LogP contribution < -0.4 is 0 Å². The Bertz CT molecular complexity index is 353. The predicted octanol–water partition coefficient (Wildman–Crippen LogP) is 3.67. The zero-order valence-corrected chi connectivity index (χ0v) is 15.6. The summed E-state index contributed by atoms with van der Waals surface area (Å²) >= 11 is 0. The van der Waals surface area contributed by atoms with Crippen molar-refractivity contribution in [3.8, 4) is 0 Å². The van der Waals surface area contributed by atoms with Gasteiger partial charge in [0.05, 0.1) is 0 Å². The molecule has 0 unspecified atom stereocenters. The SMILES string of the molecule is C=C(C)C(=O)OC(C)(C)O[Si](CC)(OC(C)C)OC(C)C. The predicted molar refractivity (Wildman–Crippen MR) is 84.7 cm³/mol. The topological polar surface area (TPSA) is 54.0 Å². The van der Waals surface area contributed by atoms with Crippen LogP contribution in [0.25, 0.3) is 0 Å². The van der Waals surface area contributed by atoms with E-state index in [1.807, 2.05) is 34.6 Å². The molecule has 0 N–H and O–H groups in total. The lowest BCUT2D eigenvalue weighted by atomic mass is 10.3. The minimum Gasteiger partial charge on any atom is -0.431 e. The molecule has 124 valence electrons. The van der Waals surface area contributed by atoms with E-state index < -0.39 is 20.6 Å². The van der Waals surface area contributed by atoms with Crippen molar-refractivity contribution in [2.24, 2.45) is 0 Å². The summed E-state index contributed by atoms with van der Waals surface area (Å²) in [5, 5.41) is 0. The third-order valence-electron chi connectivity index (χ3n) is 2.35. The maximum Gasteiger partial charge on any atom is 0.504 e. The molecule has 0 fully saturated rings. The highest BCUT2D eigenvalue weighted by Crippen LogP contribution is 2.27. The lowest BCUT2D eigenvalue weighted by molar-refractivity contribution is -0.197. The van der Waals surface area contributed by atoms with Crippen LogP contribution in [0.1, 0.15) is 55.4 Å². The van der Waals surface area contributed by atoms with Crippen LogP contribution in [0.3, 0.4) is 0 Å². The highest BCUT2D eigenvalue weighted by Gasteiger charge is 2.47. The van der Waals surface area contributed by atoms with E-state index in [1.54, 1.807) is 20.8 Å². The Morgan fingerprint density at radius 1 is 1.14 bits per heavy atom. The third kappa shape index (κ3) is 7.76. The van der Waals surface area contributed by atoms with Gasteiger partial charge in [0, 0.05) is 37.7 Å². The molecule has 0 heterocycles. The number of hydrogen-bond donors (Lipinski definition) is 0. The van der Waals surface area contributed by atoms with Gasteiger partial charge in [-0.05, 0) is 34.6 Å². The average molecular weight is 318 g/mol. The van der Waals surface area contributed by atoms with Gasteiger partial charge in [0.15, 0.2) is 0 Å². The highest BCUT2D eigenvalue weighted by atomic mass is 28.4. The molecule has 6 heteroatoms. The van der Waals surface area contributed by atoms with E-state index in [2.05, 4.69) is 6.58 Å². The first-order valence-electron chi connectivity index (χ1n) is 7.37. The van der Waals surface area contributed by atoms with E-state index in [0.29, 0.717) is 11.6 Å². The van der Waals surface area contributed by atoms with Crippen molar-refractivity contribution in [1.29, 1.82) is 0 Å². The monoisotopic (exact) mass is 318 g/mol. The second-order valence-electron chi connectivity index (χ2n) is 6.04. The molecule has 0 atom stereocenters. The van der Waals surface area contributed by atoms with Crippen LogP contribution in [0, 0.1) is 0 Å². The molecule has 0 aromatic rings. The largest absolute Gasteiger partial charge is 0.504 e. The molecule has 0 radical (unpaired) electrons. The van der Waals surface area contributed by atoms with Crippen LogP contribution in [0.4, 0.5) is 0 Å². The lowest BCUT2D eigenvalue weighted by Crippen LogP contribution is -2.54. The standard InChI is InChI=1S/C15H30O5Si/c1-10-21(18-12(4)5,19-13(6)7)20-15(8,9)17-14(16)11(2)3/h12-13H,2,10H2,1,3-9H3. The molecule has 0 saturated heterocycles. The van der Waals surface area contributed by atoms with Crippen molar-refractivity contribution < 1.29 is 22.8 Å². The first-order chi connectivity index (χ1) is 9.43. The maximum atomic E-state index is 11.7. The van der Waals surface area contributed by atoms with Gasteiger partial charge in [-0.15, -0.1) is 0 Å². The summed E-state index contributed by atoms with van der Waals surface area (Å²) < 4.78 is 23.3. The Kier molecular flexibility index (Phi) is 7.81. The van der Waals surface area contributed by atoms with Crippen LogP contribution in [0.5, 0.6) is 0 Å². The Balaban J connectivity index is 5.16. The summed E-state index contributed by atoms with van der Waals surface area (Å²) in [4.78, 5) is 11.7. The molecule has 0 aromatic heterocycles. The average Bonchev–Trinajstić information content (AvgIpc) is 2.25. The van der Waals surface area contributed by atoms with Gasteiger partial charge in [-0.3, -0.25) is 0 Å². The molecule has 0 amide bonds. The Labute approximate surface area is 130 Å². The Morgan fingerprint density at radius 2 is 1.57 bits per heavy atom. The molecule has 5 nitrogen and oxygen atoms in total. The number of carbonyl (C=O) groups is 1. The fourth-order valence-electron chi connectivity index (χ4n) is 1.74. The first kappa shape index (κ1) is 20.3. The summed E-state index contributed by atoms with van der Waals surface area (Å²) in [7, 11) is -2.94. The molecule has 21 heavy (non-hydrogen) atoms. The molecular weight excluding hydrogens is 288 g/mol. The summed E-state index contributed by atoms with van der Waals surface area (Å²) in [6.45, 7) is 18.2. The second kappa shape index (κ2) is 8.08. The number of carbonyl (C=O) groups excluding carboxylic acids is 1. The van der Waals surface area contributed by atoms with Gasteiger partial charge < -0.3 is 18.0 Å². The highest BCUT2D eigenvalue weighted by molar-refractivity contribution is 6.60. The third-order valence-corrected chi connectivity index (χ3v) is 5.68. The van der Waals surface area contributed by atoms with Crippen molar-refractivity contribution in [2.75, 3.05) is 0 Å². The summed E-state index contributed by atoms with van der Waals surface area (Å²) in [5.74, 6) is -1.63. The molecule has 0 rings (SSSR count). The van der Waals surface area contributed by atoms with Crippen LogP contribution in [0.2, 0.25) is 6.04 Å². The van der Waals surface area contributed by atoms with Crippen LogP contribution in [-0.4, -0.2) is 32.8 Å². The smallest absolute Gasteiger partial charge is 0.431 e. The van der Waals surface area contributed by atoms with E-state index in [-0.39, 0.29) is 12.2 Å². The van der Waals surface area contributed by atoms with Crippen molar-refractivity contribution in [2.45, 2.75) is 79.4 Å².